The van der Waals surface area contributed by atoms with Gasteiger partial charge >= 0.3 is 5.97 Å². The van der Waals surface area contributed by atoms with Crippen LogP contribution in [0.1, 0.15) is 5.56 Å². The van der Waals surface area contributed by atoms with Crippen LogP contribution in [0.3, 0.4) is 0 Å². The molecule has 0 radical (unpaired) electrons. The first kappa shape index (κ1) is 10.8. The predicted octanol–water partition coefficient (Wildman–Crippen LogP) is 3.20. The minimum Gasteiger partial charge on any atom is -0.477 e. The fourth-order valence-electron chi connectivity index (χ4n) is 1.52. The predicted molar refractivity (Wildman–Crippen MR) is 68.5 cm³/mol. The van der Waals surface area contributed by atoms with Crippen LogP contribution in [0.2, 0.25) is 0 Å². The zero-order valence-corrected chi connectivity index (χ0v) is 9.32. The summed E-state index contributed by atoms with van der Waals surface area (Å²) < 4.78 is 0. The van der Waals surface area contributed by atoms with Crippen molar-refractivity contribution < 1.29 is 9.90 Å². The summed E-state index contributed by atoms with van der Waals surface area (Å²) in [6, 6.07) is 13.7. The molecule has 0 aliphatic carbocycles. The highest BCUT2D eigenvalue weighted by atomic mass is 32.1. The molecule has 2 nitrogen and oxygen atoms in total. The Morgan fingerprint density at radius 2 is 1.81 bits per heavy atom. The lowest BCUT2D eigenvalue weighted by Crippen LogP contribution is -1.93. The Morgan fingerprint density at radius 3 is 2.50 bits per heavy atom. The molecule has 16 heavy (non-hydrogen) atoms. The third-order valence-electron chi connectivity index (χ3n) is 2.30. The number of aliphatic carboxylic acids is 1. The van der Waals surface area contributed by atoms with Gasteiger partial charge in [0.05, 0.1) is 4.91 Å². The molecule has 0 aromatic heterocycles. The van der Waals surface area contributed by atoms with Gasteiger partial charge in [-0.3, -0.25) is 0 Å². The first-order chi connectivity index (χ1) is 7.66. The van der Waals surface area contributed by atoms with E-state index in [4.69, 9.17) is 5.11 Å². The molecular formula is C13H10O2S. The zero-order valence-electron chi connectivity index (χ0n) is 8.42. The average molecular weight is 230 g/mol. The number of carboxylic acids is 1. The molecule has 0 heterocycles. The summed E-state index contributed by atoms with van der Waals surface area (Å²) in [5, 5.41) is 10.9. The van der Waals surface area contributed by atoms with Crippen LogP contribution >= 0.6 is 12.6 Å². The molecule has 2 aromatic carbocycles. The van der Waals surface area contributed by atoms with E-state index < -0.39 is 5.97 Å². The maximum Gasteiger partial charge on any atom is 0.341 e. The Kier molecular flexibility index (Phi) is 2.97. The Balaban J connectivity index is 2.47. The van der Waals surface area contributed by atoms with E-state index >= 15 is 0 Å². The molecule has 0 aliphatic heterocycles. The maximum atomic E-state index is 10.6. The van der Waals surface area contributed by atoms with Gasteiger partial charge < -0.3 is 5.11 Å². The summed E-state index contributed by atoms with van der Waals surface area (Å²) >= 11 is 3.89. The smallest absolute Gasteiger partial charge is 0.341 e. The number of hydrogen-bond donors (Lipinski definition) is 2. The fraction of sp³-hybridized carbons (Fsp3) is 0. The van der Waals surface area contributed by atoms with Crippen molar-refractivity contribution in [1.29, 1.82) is 0 Å². The summed E-state index contributed by atoms with van der Waals surface area (Å²) in [5.41, 5.74) is 0.839. The van der Waals surface area contributed by atoms with Crippen LogP contribution < -0.4 is 0 Å². The van der Waals surface area contributed by atoms with Gasteiger partial charge in [0.15, 0.2) is 0 Å². The second-order valence-corrected chi connectivity index (χ2v) is 3.92. The third kappa shape index (κ3) is 2.25. The summed E-state index contributed by atoms with van der Waals surface area (Å²) in [5.74, 6) is -1.02. The Hall–Kier alpha value is -1.74. The molecule has 0 amide bonds. The molecule has 2 rings (SSSR count). The molecule has 0 fully saturated rings. The van der Waals surface area contributed by atoms with Crippen LogP contribution in [-0.4, -0.2) is 11.1 Å². The van der Waals surface area contributed by atoms with Gasteiger partial charge in [-0.2, -0.15) is 0 Å². The van der Waals surface area contributed by atoms with Crippen molar-refractivity contribution in [2.45, 2.75) is 0 Å². The number of carbonyl (C=O) groups is 1. The number of thiol groups is 1. The lowest BCUT2D eigenvalue weighted by molar-refractivity contribution is -0.131. The summed E-state index contributed by atoms with van der Waals surface area (Å²) in [4.78, 5) is 10.7. The number of benzene rings is 2. The van der Waals surface area contributed by atoms with Crippen LogP contribution in [0.25, 0.3) is 16.8 Å². The van der Waals surface area contributed by atoms with Gasteiger partial charge in [-0.1, -0.05) is 36.4 Å². The second kappa shape index (κ2) is 4.41. The molecule has 0 bridgehead atoms. The second-order valence-electron chi connectivity index (χ2n) is 3.44. The SMILES string of the molecule is O=C(O)/C(S)=C/c1ccc2ccccc2c1. The molecule has 0 saturated carbocycles. The van der Waals surface area contributed by atoms with E-state index in [9.17, 15) is 4.79 Å². The molecule has 3 heteroatoms. The largest absolute Gasteiger partial charge is 0.477 e. The van der Waals surface area contributed by atoms with Gasteiger partial charge in [-0.05, 0) is 28.5 Å². The minimum atomic E-state index is -1.02. The number of carboxylic acid groups (broad SMARTS) is 1. The third-order valence-corrected chi connectivity index (χ3v) is 2.62. The summed E-state index contributed by atoms with van der Waals surface area (Å²) in [7, 11) is 0. The summed E-state index contributed by atoms with van der Waals surface area (Å²) in [6.45, 7) is 0. The van der Waals surface area contributed by atoms with E-state index in [2.05, 4.69) is 12.6 Å². The van der Waals surface area contributed by atoms with Crippen LogP contribution in [0, 0.1) is 0 Å². The van der Waals surface area contributed by atoms with Crippen molar-refractivity contribution in [1.82, 2.24) is 0 Å². The monoisotopic (exact) mass is 230 g/mol. The van der Waals surface area contributed by atoms with Crippen LogP contribution in [0.5, 0.6) is 0 Å². The van der Waals surface area contributed by atoms with E-state index in [1.807, 2.05) is 42.5 Å². The highest BCUT2D eigenvalue weighted by molar-refractivity contribution is 7.85. The molecule has 0 unspecified atom stereocenters. The van der Waals surface area contributed by atoms with Crippen molar-refractivity contribution in [3.63, 3.8) is 0 Å². The van der Waals surface area contributed by atoms with Crippen LogP contribution in [-0.2, 0) is 4.79 Å². The van der Waals surface area contributed by atoms with Crippen molar-refractivity contribution in [3.8, 4) is 0 Å². The molecule has 1 N–H and O–H groups in total. The number of fused-ring (bicyclic) bond motifs is 1. The quantitative estimate of drug-likeness (QED) is 0.614. The van der Waals surface area contributed by atoms with Gasteiger partial charge in [-0.25, -0.2) is 4.79 Å². The van der Waals surface area contributed by atoms with Gasteiger partial charge in [0.25, 0.3) is 0 Å². The van der Waals surface area contributed by atoms with E-state index in [-0.39, 0.29) is 4.91 Å². The topological polar surface area (TPSA) is 37.3 Å². The molecular weight excluding hydrogens is 220 g/mol. The number of hydrogen-bond acceptors (Lipinski definition) is 2. The minimum absolute atomic E-state index is 0.0373. The summed E-state index contributed by atoms with van der Waals surface area (Å²) in [6.07, 6.45) is 1.54. The Morgan fingerprint density at radius 1 is 1.12 bits per heavy atom. The molecule has 0 saturated heterocycles. The number of rotatable bonds is 2. The van der Waals surface area contributed by atoms with Gasteiger partial charge in [0.1, 0.15) is 0 Å². The maximum absolute atomic E-state index is 10.6. The lowest BCUT2D eigenvalue weighted by atomic mass is 10.1. The van der Waals surface area contributed by atoms with Crippen molar-refractivity contribution >= 4 is 35.4 Å². The molecule has 80 valence electrons. The van der Waals surface area contributed by atoms with E-state index in [1.165, 1.54) is 6.08 Å². The first-order valence-corrected chi connectivity index (χ1v) is 5.24. The van der Waals surface area contributed by atoms with Crippen molar-refractivity contribution in [3.05, 3.63) is 52.9 Å². The first-order valence-electron chi connectivity index (χ1n) is 4.79. The van der Waals surface area contributed by atoms with E-state index in [1.54, 1.807) is 0 Å². The van der Waals surface area contributed by atoms with Crippen LogP contribution in [0.4, 0.5) is 0 Å². The molecule has 2 aromatic rings. The fourth-order valence-corrected chi connectivity index (χ4v) is 1.67. The van der Waals surface area contributed by atoms with Gasteiger partial charge in [-0.15, -0.1) is 12.6 Å². The Bertz CT molecular complexity index is 573. The normalized spacial score (nSPS) is 11.7. The van der Waals surface area contributed by atoms with E-state index in [0.717, 1.165) is 16.3 Å². The van der Waals surface area contributed by atoms with Crippen molar-refractivity contribution in [2.75, 3.05) is 0 Å². The van der Waals surface area contributed by atoms with Crippen LogP contribution in [0.15, 0.2) is 47.4 Å². The van der Waals surface area contributed by atoms with Gasteiger partial charge in [0, 0.05) is 0 Å². The molecule has 0 atom stereocenters. The lowest BCUT2D eigenvalue weighted by Gasteiger charge is -1.99. The highest BCUT2D eigenvalue weighted by Crippen LogP contribution is 2.18. The van der Waals surface area contributed by atoms with E-state index in [0.29, 0.717) is 0 Å². The molecule has 0 spiro atoms. The molecule has 0 aliphatic rings. The zero-order chi connectivity index (χ0) is 11.5. The standard InChI is InChI=1S/C13H10O2S/c14-13(15)12(16)8-9-5-6-10-3-1-2-4-11(10)7-9/h1-8,16H,(H,14,15)/b12-8-. The average Bonchev–Trinajstić information content (AvgIpc) is 2.28. The highest BCUT2D eigenvalue weighted by Gasteiger charge is 2.01. The Labute approximate surface area is 98.6 Å². The van der Waals surface area contributed by atoms with Crippen molar-refractivity contribution in [2.24, 2.45) is 0 Å². The van der Waals surface area contributed by atoms with Gasteiger partial charge in [0.2, 0.25) is 0 Å².